The van der Waals surface area contributed by atoms with Gasteiger partial charge in [0.05, 0.1) is 0 Å². The molecule has 5 heteroatoms. The summed E-state index contributed by atoms with van der Waals surface area (Å²) >= 11 is 0. The first-order valence-corrected chi connectivity index (χ1v) is 8.58. The van der Waals surface area contributed by atoms with E-state index in [2.05, 4.69) is 5.32 Å². The first-order chi connectivity index (χ1) is 11.6. The van der Waals surface area contributed by atoms with Crippen molar-refractivity contribution in [1.29, 1.82) is 0 Å². The lowest BCUT2D eigenvalue weighted by Gasteiger charge is -2.20. The van der Waals surface area contributed by atoms with E-state index in [1.807, 2.05) is 30.0 Å². The fourth-order valence-electron chi connectivity index (χ4n) is 2.71. The van der Waals surface area contributed by atoms with Crippen LogP contribution in [0.15, 0.2) is 36.4 Å². The lowest BCUT2D eigenvalue weighted by Crippen LogP contribution is -2.31. The van der Waals surface area contributed by atoms with E-state index in [-0.39, 0.29) is 11.8 Å². The zero-order chi connectivity index (χ0) is 17.4. The minimum atomic E-state index is -0.163. The molecule has 0 bridgehead atoms. The molecule has 1 N–H and O–H groups in total. The van der Waals surface area contributed by atoms with Gasteiger partial charge in [-0.2, -0.15) is 0 Å². The number of nitrogens with zero attached hydrogens (tertiary/aromatic N) is 2. The number of rotatable bonds is 5. The van der Waals surface area contributed by atoms with Gasteiger partial charge in [-0.3, -0.25) is 9.59 Å². The van der Waals surface area contributed by atoms with E-state index in [9.17, 15) is 9.59 Å². The van der Waals surface area contributed by atoms with Crippen molar-refractivity contribution in [1.82, 2.24) is 9.80 Å². The van der Waals surface area contributed by atoms with Crippen LogP contribution in [0.2, 0.25) is 0 Å². The summed E-state index contributed by atoms with van der Waals surface area (Å²) in [5.41, 5.74) is 1.37. The first kappa shape index (κ1) is 18.2. The van der Waals surface area contributed by atoms with E-state index < -0.39 is 0 Å². The van der Waals surface area contributed by atoms with Gasteiger partial charge in [0.15, 0.2) is 0 Å². The van der Waals surface area contributed by atoms with Gasteiger partial charge >= 0.3 is 0 Å². The maximum atomic E-state index is 12.5. The molecule has 0 unspecified atom stereocenters. The molecule has 1 saturated heterocycles. The third-order valence-corrected chi connectivity index (χ3v) is 4.03. The Morgan fingerprint density at radius 3 is 2.29 bits per heavy atom. The van der Waals surface area contributed by atoms with Crippen molar-refractivity contribution in [3.8, 4) is 0 Å². The van der Waals surface area contributed by atoms with Crippen LogP contribution >= 0.6 is 0 Å². The molecule has 0 radical (unpaired) electrons. The average Bonchev–Trinajstić information content (AvgIpc) is 2.84. The summed E-state index contributed by atoms with van der Waals surface area (Å²) in [5.74, 6) is -0.0795. The van der Waals surface area contributed by atoms with Crippen LogP contribution in [-0.2, 0) is 4.79 Å². The molecule has 5 nitrogen and oxygen atoms in total. The summed E-state index contributed by atoms with van der Waals surface area (Å²) in [6.45, 7) is 2.40. The monoisotopic (exact) mass is 329 g/mol. The summed E-state index contributed by atoms with van der Waals surface area (Å²) in [5, 5.41) is 2.80. The minimum Gasteiger partial charge on any atom is -0.339 e. The summed E-state index contributed by atoms with van der Waals surface area (Å²) < 4.78 is 0. The van der Waals surface area contributed by atoms with Gasteiger partial charge in [-0.1, -0.05) is 18.9 Å². The topological polar surface area (TPSA) is 52.7 Å². The maximum Gasteiger partial charge on any atom is 0.253 e. The number of hydrogen-bond donors (Lipinski definition) is 1. The molecule has 1 fully saturated rings. The molecular formula is C19H27N3O2. The highest BCUT2D eigenvalue weighted by molar-refractivity contribution is 6.00. The molecule has 0 aliphatic carbocycles. The van der Waals surface area contributed by atoms with Crippen LogP contribution in [0, 0.1) is 0 Å². The van der Waals surface area contributed by atoms with E-state index in [0.717, 1.165) is 32.5 Å². The molecule has 1 aliphatic rings. The average molecular weight is 329 g/mol. The number of anilines is 1. The number of likely N-dealkylation sites (N-methyl/N-ethyl adjacent to an activating group) is 1. The molecule has 0 aromatic heterocycles. The number of nitrogens with one attached hydrogen (secondary N) is 1. The van der Waals surface area contributed by atoms with Crippen LogP contribution in [0.25, 0.3) is 0 Å². The van der Waals surface area contributed by atoms with Gasteiger partial charge in [0.2, 0.25) is 5.91 Å². The van der Waals surface area contributed by atoms with Crippen molar-refractivity contribution in [3.05, 3.63) is 42.0 Å². The van der Waals surface area contributed by atoms with Crippen LogP contribution in [0.5, 0.6) is 0 Å². The molecule has 2 amide bonds. The molecule has 24 heavy (non-hydrogen) atoms. The molecule has 1 heterocycles. The molecule has 0 atom stereocenters. The number of carbonyl (C=O) groups excluding carboxylic acids is 2. The molecular weight excluding hydrogens is 302 g/mol. The van der Waals surface area contributed by atoms with Gasteiger partial charge in [0.1, 0.15) is 0 Å². The van der Waals surface area contributed by atoms with Gasteiger partial charge in [-0.05, 0) is 51.2 Å². The largest absolute Gasteiger partial charge is 0.339 e. The third-order valence-electron chi connectivity index (χ3n) is 4.03. The van der Waals surface area contributed by atoms with E-state index in [1.165, 1.54) is 18.9 Å². The van der Waals surface area contributed by atoms with E-state index >= 15 is 0 Å². The Morgan fingerprint density at radius 1 is 1.08 bits per heavy atom. The number of hydrogen-bond acceptors (Lipinski definition) is 3. The Kier molecular flexibility index (Phi) is 7.00. The molecule has 1 aromatic rings. The van der Waals surface area contributed by atoms with Crippen molar-refractivity contribution in [2.75, 3.05) is 39.0 Å². The normalized spacial score (nSPS) is 15.5. The molecule has 1 aromatic carbocycles. The molecule has 130 valence electrons. The van der Waals surface area contributed by atoms with Crippen molar-refractivity contribution in [3.63, 3.8) is 0 Å². The van der Waals surface area contributed by atoms with Gasteiger partial charge in [-0.25, -0.2) is 0 Å². The highest BCUT2D eigenvalue weighted by Crippen LogP contribution is 2.15. The molecule has 1 aliphatic heterocycles. The predicted molar refractivity (Wildman–Crippen MR) is 97.1 cm³/mol. The number of likely N-dealkylation sites (tertiary alicyclic amines) is 1. The van der Waals surface area contributed by atoms with Gasteiger partial charge in [-0.15, -0.1) is 0 Å². The second kappa shape index (κ2) is 9.23. The minimum absolute atomic E-state index is 0.0839. The molecule has 0 spiro atoms. The van der Waals surface area contributed by atoms with Crippen LogP contribution < -0.4 is 5.32 Å². The number of amides is 2. The fraction of sp³-hybridized carbons (Fsp3) is 0.474. The zero-order valence-electron chi connectivity index (χ0n) is 14.6. The highest BCUT2D eigenvalue weighted by Gasteiger charge is 2.17. The Morgan fingerprint density at radius 2 is 1.71 bits per heavy atom. The second-order valence-electron chi connectivity index (χ2n) is 6.44. The van der Waals surface area contributed by atoms with Crippen LogP contribution in [0.1, 0.15) is 36.0 Å². The van der Waals surface area contributed by atoms with Crippen molar-refractivity contribution in [2.24, 2.45) is 0 Å². The number of benzene rings is 1. The third kappa shape index (κ3) is 5.81. The van der Waals surface area contributed by atoms with Crippen LogP contribution in [0.4, 0.5) is 5.69 Å². The maximum absolute atomic E-state index is 12.5. The van der Waals surface area contributed by atoms with Gasteiger partial charge in [0, 0.05) is 37.0 Å². The fourth-order valence-corrected chi connectivity index (χ4v) is 2.71. The quantitative estimate of drug-likeness (QED) is 0.845. The zero-order valence-corrected chi connectivity index (χ0v) is 14.6. The Hall–Kier alpha value is -2.14. The van der Waals surface area contributed by atoms with Crippen molar-refractivity contribution < 1.29 is 9.59 Å². The Balaban J connectivity index is 1.91. The second-order valence-corrected chi connectivity index (χ2v) is 6.44. The standard InChI is InChI=1S/C19H27N3O2/c1-21(2)13-7-8-18(23)20-17-11-9-16(10-12-17)19(24)22-14-5-3-4-6-15-22/h7-12H,3-6,13-15H2,1-2H3,(H,20,23)/b8-7+. The SMILES string of the molecule is CN(C)C/C=C/C(=O)Nc1ccc(C(=O)N2CCCCCC2)cc1. The van der Waals surface area contributed by atoms with Gasteiger partial charge < -0.3 is 15.1 Å². The number of carbonyl (C=O) groups is 2. The highest BCUT2D eigenvalue weighted by atomic mass is 16.2. The Bertz CT molecular complexity index is 571. The van der Waals surface area contributed by atoms with E-state index in [4.69, 9.17) is 0 Å². The van der Waals surface area contributed by atoms with Crippen molar-refractivity contribution in [2.45, 2.75) is 25.7 Å². The van der Waals surface area contributed by atoms with Crippen LogP contribution in [-0.4, -0.2) is 55.3 Å². The predicted octanol–water partition coefficient (Wildman–Crippen LogP) is 2.76. The lowest BCUT2D eigenvalue weighted by atomic mass is 10.1. The van der Waals surface area contributed by atoms with E-state index in [0.29, 0.717) is 11.3 Å². The summed E-state index contributed by atoms with van der Waals surface area (Å²) in [4.78, 5) is 28.2. The Labute approximate surface area is 144 Å². The van der Waals surface area contributed by atoms with Gasteiger partial charge in [0.25, 0.3) is 5.91 Å². The van der Waals surface area contributed by atoms with Crippen LogP contribution in [0.3, 0.4) is 0 Å². The summed E-state index contributed by atoms with van der Waals surface area (Å²) in [6, 6.07) is 7.13. The molecule has 0 saturated carbocycles. The summed E-state index contributed by atoms with van der Waals surface area (Å²) in [6.07, 6.45) is 7.91. The smallest absolute Gasteiger partial charge is 0.253 e. The van der Waals surface area contributed by atoms with E-state index in [1.54, 1.807) is 24.3 Å². The van der Waals surface area contributed by atoms with Crippen molar-refractivity contribution >= 4 is 17.5 Å². The first-order valence-electron chi connectivity index (χ1n) is 8.58. The molecule has 2 rings (SSSR count). The lowest BCUT2D eigenvalue weighted by molar-refractivity contribution is -0.111. The summed E-state index contributed by atoms with van der Waals surface area (Å²) in [7, 11) is 3.89.